The Bertz CT molecular complexity index is 294. The smallest absolute Gasteiger partial charge is 0.320 e. The predicted octanol–water partition coefficient (Wildman–Crippen LogP) is 1.60. The quantitative estimate of drug-likeness (QED) is 0.794. The van der Waals surface area contributed by atoms with E-state index in [0.29, 0.717) is 12.3 Å². The van der Waals surface area contributed by atoms with Gasteiger partial charge in [-0.2, -0.15) is 0 Å². The summed E-state index contributed by atoms with van der Waals surface area (Å²) in [5, 5.41) is 9.24. The van der Waals surface area contributed by atoms with Crippen LogP contribution < -0.4 is 0 Å². The molecule has 0 radical (unpaired) electrons. The van der Waals surface area contributed by atoms with E-state index < -0.39 is 5.97 Å². The molecule has 1 heterocycles. The van der Waals surface area contributed by atoms with E-state index in [4.69, 9.17) is 4.74 Å². The SMILES string of the molecule is CC[C@H](C(=O)O)N1C[C@@H]2CCC[C@@]2(COC)C1. The number of ether oxygens (including phenoxy) is 1. The van der Waals surface area contributed by atoms with Crippen LogP contribution in [0, 0.1) is 11.3 Å². The zero-order chi connectivity index (χ0) is 12.5. The fraction of sp³-hybridized carbons (Fsp3) is 0.923. The lowest BCUT2D eigenvalue weighted by atomic mass is 9.82. The van der Waals surface area contributed by atoms with Gasteiger partial charge in [-0.15, -0.1) is 0 Å². The van der Waals surface area contributed by atoms with Gasteiger partial charge in [0.15, 0.2) is 0 Å². The summed E-state index contributed by atoms with van der Waals surface area (Å²) >= 11 is 0. The maximum absolute atomic E-state index is 11.2. The van der Waals surface area contributed by atoms with Crippen LogP contribution in [0.4, 0.5) is 0 Å². The lowest BCUT2D eigenvalue weighted by Crippen LogP contribution is -2.41. The van der Waals surface area contributed by atoms with Crippen molar-refractivity contribution in [2.75, 3.05) is 26.8 Å². The first kappa shape index (κ1) is 12.8. The maximum Gasteiger partial charge on any atom is 0.320 e. The Hall–Kier alpha value is -0.610. The van der Waals surface area contributed by atoms with Gasteiger partial charge in [0.1, 0.15) is 6.04 Å². The minimum absolute atomic E-state index is 0.234. The monoisotopic (exact) mass is 241 g/mol. The first-order chi connectivity index (χ1) is 8.13. The number of carboxylic acids is 1. The van der Waals surface area contributed by atoms with E-state index in [0.717, 1.165) is 19.7 Å². The Balaban J connectivity index is 2.09. The molecule has 0 aromatic heterocycles. The first-order valence-electron chi connectivity index (χ1n) is 6.59. The Morgan fingerprint density at radius 2 is 2.41 bits per heavy atom. The summed E-state index contributed by atoms with van der Waals surface area (Å²) in [6.45, 7) is 4.57. The number of carboxylic acid groups (broad SMARTS) is 1. The average Bonchev–Trinajstić information content (AvgIpc) is 2.75. The van der Waals surface area contributed by atoms with Crippen molar-refractivity contribution in [2.24, 2.45) is 11.3 Å². The van der Waals surface area contributed by atoms with Gasteiger partial charge in [0, 0.05) is 25.6 Å². The molecule has 1 saturated heterocycles. The van der Waals surface area contributed by atoms with Gasteiger partial charge in [0.2, 0.25) is 0 Å². The molecule has 98 valence electrons. The molecule has 0 spiro atoms. The molecule has 2 aliphatic rings. The third kappa shape index (κ3) is 2.20. The molecule has 2 rings (SSSR count). The molecule has 0 unspecified atom stereocenters. The molecule has 1 N–H and O–H groups in total. The van der Waals surface area contributed by atoms with E-state index >= 15 is 0 Å². The molecule has 0 aromatic rings. The molecule has 4 nitrogen and oxygen atoms in total. The fourth-order valence-corrected chi connectivity index (χ4v) is 3.81. The minimum Gasteiger partial charge on any atom is -0.480 e. The van der Waals surface area contributed by atoms with Gasteiger partial charge < -0.3 is 9.84 Å². The number of nitrogens with zero attached hydrogens (tertiary/aromatic N) is 1. The Morgan fingerprint density at radius 3 is 3.00 bits per heavy atom. The number of hydrogen-bond acceptors (Lipinski definition) is 3. The number of fused-ring (bicyclic) bond motifs is 1. The lowest BCUT2D eigenvalue weighted by Gasteiger charge is -2.29. The summed E-state index contributed by atoms with van der Waals surface area (Å²) in [6.07, 6.45) is 4.38. The molecule has 0 amide bonds. The molecule has 2 fully saturated rings. The Labute approximate surface area is 103 Å². The number of carbonyl (C=O) groups is 1. The molecule has 1 aliphatic carbocycles. The molecule has 3 atom stereocenters. The van der Waals surface area contributed by atoms with Gasteiger partial charge in [-0.1, -0.05) is 13.3 Å². The highest BCUT2D eigenvalue weighted by Crippen LogP contribution is 2.49. The number of aliphatic carboxylic acids is 1. The zero-order valence-electron chi connectivity index (χ0n) is 10.8. The predicted molar refractivity (Wildman–Crippen MR) is 64.9 cm³/mol. The minimum atomic E-state index is -0.681. The van der Waals surface area contributed by atoms with E-state index in [-0.39, 0.29) is 11.5 Å². The number of likely N-dealkylation sites (tertiary alicyclic amines) is 1. The van der Waals surface area contributed by atoms with Gasteiger partial charge in [0.05, 0.1) is 6.61 Å². The Morgan fingerprint density at radius 1 is 1.65 bits per heavy atom. The standard InChI is InChI=1S/C13H23NO3/c1-3-11(12(15)16)14-7-10-5-4-6-13(10,8-14)9-17-2/h10-11H,3-9H2,1-2H3,(H,15,16)/t10-,11+,13-/m0/s1. The third-order valence-corrected chi connectivity index (χ3v) is 4.61. The molecule has 1 saturated carbocycles. The van der Waals surface area contributed by atoms with Gasteiger partial charge in [-0.3, -0.25) is 9.69 Å². The van der Waals surface area contributed by atoms with Crippen LogP contribution >= 0.6 is 0 Å². The highest BCUT2D eigenvalue weighted by Gasteiger charge is 2.51. The van der Waals surface area contributed by atoms with Crippen molar-refractivity contribution in [3.05, 3.63) is 0 Å². The van der Waals surface area contributed by atoms with Crippen LogP contribution in [-0.4, -0.2) is 48.8 Å². The summed E-state index contributed by atoms with van der Waals surface area (Å²) in [7, 11) is 1.75. The summed E-state index contributed by atoms with van der Waals surface area (Å²) < 4.78 is 5.38. The van der Waals surface area contributed by atoms with E-state index in [9.17, 15) is 9.90 Å². The van der Waals surface area contributed by atoms with Crippen LogP contribution in [0.3, 0.4) is 0 Å². The number of methoxy groups -OCH3 is 1. The highest BCUT2D eigenvalue weighted by molar-refractivity contribution is 5.73. The van der Waals surface area contributed by atoms with Gasteiger partial charge in [-0.25, -0.2) is 0 Å². The van der Waals surface area contributed by atoms with Crippen LogP contribution in [0.25, 0.3) is 0 Å². The van der Waals surface area contributed by atoms with Crippen molar-refractivity contribution in [1.29, 1.82) is 0 Å². The van der Waals surface area contributed by atoms with Gasteiger partial charge >= 0.3 is 5.97 Å². The topological polar surface area (TPSA) is 49.8 Å². The van der Waals surface area contributed by atoms with Crippen molar-refractivity contribution >= 4 is 5.97 Å². The molecule has 0 aromatic carbocycles. The van der Waals surface area contributed by atoms with Crippen LogP contribution in [0.15, 0.2) is 0 Å². The van der Waals surface area contributed by atoms with Crippen molar-refractivity contribution < 1.29 is 14.6 Å². The molecular weight excluding hydrogens is 218 g/mol. The van der Waals surface area contributed by atoms with Crippen molar-refractivity contribution in [1.82, 2.24) is 4.90 Å². The van der Waals surface area contributed by atoms with Crippen LogP contribution in [0.5, 0.6) is 0 Å². The molecule has 17 heavy (non-hydrogen) atoms. The van der Waals surface area contributed by atoms with Gasteiger partial charge in [-0.05, 0) is 25.2 Å². The summed E-state index contributed by atoms with van der Waals surface area (Å²) in [5.41, 5.74) is 0.234. The lowest BCUT2D eigenvalue weighted by molar-refractivity contribution is -0.143. The van der Waals surface area contributed by atoms with E-state index in [1.807, 2.05) is 6.92 Å². The van der Waals surface area contributed by atoms with E-state index in [1.165, 1.54) is 19.3 Å². The fourth-order valence-electron chi connectivity index (χ4n) is 3.81. The van der Waals surface area contributed by atoms with E-state index in [2.05, 4.69) is 4.90 Å². The molecular formula is C13H23NO3. The second-order valence-corrected chi connectivity index (χ2v) is 5.58. The largest absolute Gasteiger partial charge is 0.480 e. The first-order valence-corrected chi connectivity index (χ1v) is 6.59. The second kappa shape index (κ2) is 4.94. The molecule has 4 heteroatoms. The maximum atomic E-state index is 11.2. The van der Waals surface area contributed by atoms with Crippen molar-refractivity contribution in [2.45, 2.75) is 38.6 Å². The second-order valence-electron chi connectivity index (χ2n) is 5.58. The van der Waals surface area contributed by atoms with Crippen LogP contribution in [0.2, 0.25) is 0 Å². The Kier molecular flexibility index (Phi) is 3.73. The van der Waals surface area contributed by atoms with Gasteiger partial charge in [0.25, 0.3) is 0 Å². The molecule has 1 aliphatic heterocycles. The number of hydrogen-bond donors (Lipinski definition) is 1. The van der Waals surface area contributed by atoms with E-state index in [1.54, 1.807) is 7.11 Å². The van der Waals surface area contributed by atoms with Crippen LogP contribution in [-0.2, 0) is 9.53 Å². The zero-order valence-corrected chi connectivity index (χ0v) is 10.8. The normalized spacial score (nSPS) is 34.8. The summed E-state index contributed by atoms with van der Waals surface area (Å²) in [5.74, 6) is -0.0455. The van der Waals surface area contributed by atoms with Crippen molar-refractivity contribution in [3.8, 4) is 0 Å². The molecule has 0 bridgehead atoms. The average molecular weight is 241 g/mol. The van der Waals surface area contributed by atoms with Crippen LogP contribution in [0.1, 0.15) is 32.6 Å². The third-order valence-electron chi connectivity index (χ3n) is 4.61. The summed E-state index contributed by atoms with van der Waals surface area (Å²) in [4.78, 5) is 13.4. The summed E-state index contributed by atoms with van der Waals surface area (Å²) in [6, 6.07) is -0.311. The number of rotatable bonds is 5. The van der Waals surface area contributed by atoms with Crippen molar-refractivity contribution in [3.63, 3.8) is 0 Å². The highest BCUT2D eigenvalue weighted by atomic mass is 16.5.